The van der Waals surface area contributed by atoms with E-state index in [0.29, 0.717) is 0 Å². The van der Waals surface area contributed by atoms with Gasteiger partial charge in [-0.15, -0.1) is 0 Å². The standard InChI is InChI=1S/C16H17Br2NO/c1-10-4-5-12(14(18)6-10)9-19-16-11(2)7-13(17)8-15(16)20-3/h4-8,19H,9H2,1-3H3. The van der Waals surface area contributed by atoms with Gasteiger partial charge in [0.05, 0.1) is 12.8 Å². The molecule has 2 rings (SSSR count). The van der Waals surface area contributed by atoms with E-state index in [1.54, 1.807) is 7.11 Å². The van der Waals surface area contributed by atoms with Crippen molar-refractivity contribution in [2.24, 2.45) is 0 Å². The van der Waals surface area contributed by atoms with Gasteiger partial charge in [0.2, 0.25) is 0 Å². The molecule has 1 N–H and O–H groups in total. The van der Waals surface area contributed by atoms with E-state index in [0.717, 1.165) is 32.5 Å². The SMILES string of the molecule is COc1cc(Br)cc(C)c1NCc1ccc(C)cc1Br. The van der Waals surface area contributed by atoms with Crippen molar-refractivity contribution in [2.45, 2.75) is 20.4 Å². The van der Waals surface area contributed by atoms with Crippen LogP contribution < -0.4 is 10.1 Å². The fraction of sp³-hybridized carbons (Fsp3) is 0.250. The molecule has 4 heteroatoms. The van der Waals surface area contributed by atoms with Gasteiger partial charge in [0.1, 0.15) is 5.75 Å². The molecule has 0 radical (unpaired) electrons. The number of ether oxygens (including phenoxy) is 1. The second kappa shape index (κ2) is 6.64. The van der Waals surface area contributed by atoms with Crippen molar-refractivity contribution in [1.29, 1.82) is 0 Å². The van der Waals surface area contributed by atoms with Crippen molar-refractivity contribution < 1.29 is 4.74 Å². The van der Waals surface area contributed by atoms with Crippen LogP contribution in [0.3, 0.4) is 0 Å². The molecule has 2 nitrogen and oxygen atoms in total. The zero-order valence-electron chi connectivity index (χ0n) is 11.8. The molecule has 0 heterocycles. The molecule has 0 aliphatic rings. The molecular formula is C16H17Br2NO. The van der Waals surface area contributed by atoms with Crippen LogP contribution in [-0.4, -0.2) is 7.11 Å². The molecule has 0 amide bonds. The van der Waals surface area contributed by atoms with Gasteiger partial charge >= 0.3 is 0 Å². The number of hydrogen-bond acceptors (Lipinski definition) is 2. The molecule has 0 bridgehead atoms. The Labute approximate surface area is 136 Å². The van der Waals surface area contributed by atoms with Crippen LogP contribution in [0.15, 0.2) is 39.3 Å². The Bertz CT molecular complexity index is 626. The van der Waals surface area contributed by atoms with Gasteiger partial charge in [0, 0.05) is 15.5 Å². The highest BCUT2D eigenvalue weighted by Crippen LogP contribution is 2.32. The molecule has 0 aliphatic carbocycles. The third-order valence-electron chi connectivity index (χ3n) is 3.15. The summed E-state index contributed by atoms with van der Waals surface area (Å²) < 4.78 is 7.59. The lowest BCUT2D eigenvalue weighted by atomic mass is 10.1. The Balaban J connectivity index is 2.22. The van der Waals surface area contributed by atoms with E-state index in [-0.39, 0.29) is 0 Å². The Morgan fingerprint density at radius 3 is 2.50 bits per heavy atom. The molecular weight excluding hydrogens is 382 g/mol. The van der Waals surface area contributed by atoms with Gasteiger partial charge in [0.25, 0.3) is 0 Å². The summed E-state index contributed by atoms with van der Waals surface area (Å²) in [5.74, 6) is 0.847. The fourth-order valence-corrected chi connectivity index (χ4v) is 3.26. The van der Waals surface area contributed by atoms with E-state index in [4.69, 9.17) is 4.74 Å². The minimum atomic E-state index is 0.750. The number of hydrogen-bond donors (Lipinski definition) is 1. The molecule has 0 aliphatic heterocycles. The van der Waals surface area contributed by atoms with Crippen LogP contribution in [0.25, 0.3) is 0 Å². The van der Waals surface area contributed by atoms with Crippen LogP contribution in [0.1, 0.15) is 16.7 Å². The number of aryl methyl sites for hydroxylation is 2. The molecule has 0 spiro atoms. The summed E-state index contributed by atoms with van der Waals surface area (Å²) in [4.78, 5) is 0. The molecule has 2 aromatic carbocycles. The van der Waals surface area contributed by atoms with Gasteiger partial charge in [-0.3, -0.25) is 0 Å². The highest BCUT2D eigenvalue weighted by molar-refractivity contribution is 9.10. The summed E-state index contributed by atoms with van der Waals surface area (Å²) in [5, 5.41) is 3.46. The lowest BCUT2D eigenvalue weighted by Gasteiger charge is -2.15. The predicted octanol–water partition coefficient (Wildman–Crippen LogP) is 5.45. The lowest BCUT2D eigenvalue weighted by Crippen LogP contribution is -2.04. The minimum Gasteiger partial charge on any atom is -0.495 e. The van der Waals surface area contributed by atoms with Crippen LogP contribution >= 0.6 is 31.9 Å². The number of halogens is 2. The summed E-state index contributed by atoms with van der Waals surface area (Å²) in [6.07, 6.45) is 0. The highest BCUT2D eigenvalue weighted by Gasteiger charge is 2.09. The van der Waals surface area contributed by atoms with E-state index in [2.05, 4.69) is 75.3 Å². The van der Waals surface area contributed by atoms with Crippen molar-refractivity contribution in [3.63, 3.8) is 0 Å². The first-order chi connectivity index (χ1) is 9.51. The third kappa shape index (κ3) is 3.55. The fourth-order valence-electron chi connectivity index (χ4n) is 2.08. The summed E-state index contributed by atoms with van der Waals surface area (Å²) in [6, 6.07) is 10.4. The lowest BCUT2D eigenvalue weighted by molar-refractivity contribution is 0.416. The second-order valence-electron chi connectivity index (χ2n) is 4.75. The van der Waals surface area contributed by atoms with Crippen LogP contribution in [-0.2, 0) is 6.54 Å². The molecule has 0 fully saturated rings. The summed E-state index contributed by atoms with van der Waals surface area (Å²) in [5.41, 5.74) is 4.65. The summed E-state index contributed by atoms with van der Waals surface area (Å²) in [7, 11) is 1.69. The Kier molecular flexibility index (Phi) is 5.11. The van der Waals surface area contributed by atoms with Gasteiger partial charge in [-0.25, -0.2) is 0 Å². The van der Waals surface area contributed by atoms with E-state index in [9.17, 15) is 0 Å². The van der Waals surface area contributed by atoms with Crippen LogP contribution in [0.5, 0.6) is 5.75 Å². The monoisotopic (exact) mass is 397 g/mol. The topological polar surface area (TPSA) is 21.3 Å². The zero-order valence-corrected chi connectivity index (χ0v) is 14.9. The van der Waals surface area contributed by atoms with Crippen LogP contribution in [0, 0.1) is 13.8 Å². The van der Waals surface area contributed by atoms with Crippen LogP contribution in [0.2, 0.25) is 0 Å². The largest absolute Gasteiger partial charge is 0.495 e. The van der Waals surface area contributed by atoms with E-state index < -0.39 is 0 Å². The Morgan fingerprint density at radius 1 is 1.10 bits per heavy atom. The maximum atomic E-state index is 5.44. The van der Waals surface area contributed by atoms with Crippen molar-refractivity contribution in [3.05, 3.63) is 56.0 Å². The van der Waals surface area contributed by atoms with Gasteiger partial charge in [-0.05, 0) is 48.7 Å². The minimum absolute atomic E-state index is 0.750. The van der Waals surface area contributed by atoms with E-state index in [1.165, 1.54) is 11.1 Å². The molecule has 20 heavy (non-hydrogen) atoms. The number of anilines is 1. The number of rotatable bonds is 4. The predicted molar refractivity (Wildman–Crippen MR) is 91.6 cm³/mol. The Morgan fingerprint density at radius 2 is 1.85 bits per heavy atom. The van der Waals surface area contributed by atoms with E-state index in [1.807, 2.05) is 6.07 Å². The first kappa shape index (κ1) is 15.4. The molecule has 0 saturated carbocycles. The smallest absolute Gasteiger partial charge is 0.143 e. The first-order valence-corrected chi connectivity index (χ1v) is 7.93. The maximum Gasteiger partial charge on any atom is 0.143 e. The molecule has 0 aromatic heterocycles. The van der Waals surface area contributed by atoms with Crippen molar-refractivity contribution in [2.75, 3.05) is 12.4 Å². The summed E-state index contributed by atoms with van der Waals surface area (Å²) >= 11 is 7.10. The van der Waals surface area contributed by atoms with Gasteiger partial charge in [-0.1, -0.05) is 44.0 Å². The summed E-state index contributed by atoms with van der Waals surface area (Å²) in [6.45, 7) is 4.91. The van der Waals surface area contributed by atoms with Gasteiger partial charge in [-0.2, -0.15) is 0 Å². The molecule has 2 aromatic rings. The number of benzene rings is 2. The van der Waals surface area contributed by atoms with Crippen molar-refractivity contribution in [1.82, 2.24) is 0 Å². The molecule has 0 saturated heterocycles. The quantitative estimate of drug-likeness (QED) is 0.739. The average molecular weight is 399 g/mol. The van der Waals surface area contributed by atoms with Crippen molar-refractivity contribution >= 4 is 37.5 Å². The molecule has 0 unspecified atom stereocenters. The average Bonchev–Trinajstić information content (AvgIpc) is 2.38. The Hall–Kier alpha value is -1.00. The zero-order chi connectivity index (χ0) is 14.7. The highest BCUT2D eigenvalue weighted by atomic mass is 79.9. The number of nitrogens with one attached hydrogen (secondary N) is 1. The van der Waals surface area contributed by atoms with Gasteiger partial charge in [0.15, 0.2) is 0 Å². The molecule has 0 atom stereocenters. The second-order valence-corrected chi connectivity index (χ2v) is 6.52. The number of methoxy groups -OCH3 is 1. The first-order valence-electron chi connectivity index (χ1n) is 6.34. The van der Waals surface area contributed by atoms with Gasteiger partial charge < -0.3 is 10.1 Å². The van der Waals surface area contributed by atoms with Crippen molar-refractivity contribution in [3.8, 4) is 5.75 Å². The third-order valence-corrected chi connectivity index (χ3v) is 4.34. The van der Waals surface area contributed by atoms with Crippen LogP contribution in [0.4, 0.5) is 5.69 Å². The normalized spacial score (nSPS) is 10.4. The maximum absolute atomic E-state index is 5.44. The molecule has 106 valence electrons. The van der Waals surface area contributed by atoms with E-state index >= 15 is 0 Å².